The van der Waals surface area contributed by atoms with Gasteiger partial charge in [0.15, 0.2) is 11.6 Å². The van der Waals surface area contributed by atoms with Gasteiger partial charge in [-0.05, 0) is 194 Å². The summed E-state index contributed by atoms with van der Waals surface area (Å²) in [5, 5.41) is 25.0. The average Bonchev–Trinajstić information content (AvgIpc) is 3.85. The molecular weight excluding hydrogens is 851 g/mol. The monoisotopic (exact) mass is 926 g/mol. The molecule has 10 unspecified atom stereocenters. The van der Waals surface area contributed by atoms with Crippen molar-refractivity contribution in [2.24, 2.45) is 40.4 Å². The minimum Gasteiger partial charge on any atom is -0.497 e. The fraction of sp³-hybridized carbons (Fsp3) is 0.492. The minimum absolute atomic E-state index is 0.00672. The summed E-state index contributed by atoms with van der Waals surface area (Å²) in [5.74, 6) is 9.87. The largest absolute Gasteiger partial charge is 0.497 e. The van der Waals surface area contributed by atoms with Gasteiger partial charge in [-0.2, -0.15) is 0 Å². The molecule has 11 rings (SSSR count). The summed E-state index contributed by atoms with van der Waals surface area (Å²) >= 11 is 0. The SMILES string of the molecule is C#CC(C)C.C#Cc1ccccc1.CNc1ccc(C2CC3(C)C(O)CCC3C3CCC4=CC(=O)CCC4=C23)cc1.COc1ccc(C2CC3(C)C(O)CCC3C3CCC4=CC(=O)CCC4=C23)cc1. The molecule has 3 aromatic carbocycles. The van der Waals surface area contributed by atoms with Crippen LogP contribution in [0.4, 0.5) is 5.69 Å². The van der Waals surface area contributed by atoms with Crippen molar-refractivity contribution in [3.05, 3.63) is 141 Å². The molecule has 8 aliphatic rings. The van der Waals surface area contributed by atoms with Gasteiger partial charge in [0.05, 0.1) is 19.3 Å². The Morgan fingerprint density at radius 3 is 1.48 bits per heavy atom. The molecule has 3 aromatic rings. The van der Waals surface area contributed by atoms with Gasteiger partial charge in [-0.15, -0.1) is 18.8 Å². The zero-order valence-corrected chi connectivity index (χ0v) is 42.0. The van der Waals surface area contributed by atoms with E-state index in [4.69, 9.17) is 17.6 Å². The molecule has 0 aliphatic heterocycles. The van der Waals surface area contributed by atoms with E-state index in [9.17, 15) is 19.8 Å². The molecule has 0 saturated heterocycles. The fourth-order valence-electron chi connectivity index (χ4n) is 14.1. The van der Waals surface area contributed by atoms with Crippen LogP contribution in [0.25, 0.3) is 0 Å². The van der Waals surface area contributed by atoms with Crippen LogP contribution in [-0.4, -0.2) is 48.1 Å². The van der Waals surface area contributed by atoms with Crippen LogP contribution in [0.3, 0.4) is 0 Å². The molecular formula is C63H75NO5. The highest BCUT2D eigenvalue weighted by Gasteiger charge is 2.57. The van der Waals surface area contributed by atoms with Crippen molar-refractivity contribution in [1.82, 2.24) is 0 Å². The van der Waals surface area contributed by atoms with E-state index in [0.29, 0.717) is 60.1 Å². The molecule has 362 valence electrons. The maximum atomic E-state index is 12.0. The lowest BCUT2D eigenvalue weighted by atomic mass is 9.53. The lowest BCUT2D eigenvalue weighted by Crippen LogP contribution is -2.45. The lowest BCUT2D eigenvalue weighted by molar-refractivity contribution is -0.115. The number of aliphatic hydroxyl groups is 2. The number of benzene rings is 3. The first-order valence-corrected chi connectivity index (χ1v) is 25.9. The number of rotatable bonds is 4. The van der Waals surface area contributed by atoms with Gasteiger partial charge in [-0.25, -0.2) is 0 Å². The Bertz CT molecular complexity index is 2420. The summed E-state index contributed by atoms with van der Waals surface area (Å²) in [6.07, 6.45) is 27.1. The Balaban J connectivity index is 0.000000148. The zero-order chi connectivity index (χ0) is 49.0. The second-order valence-corrected chi connectivity index (χ2v) is 21.8. The Kier molecular flexibility index (Phi) is 15.4. The van der Waals surface area contributed by atoms with Crippen molar-refractivity contribution >= 4 is 17.3 Å². The summed E-state index contributed by atoms with van der Waals surface area (Å²) < 4.78 is 5.37. The van der Waals surface area contributed by atoms with E-state index in [2.05, 4.69) is 79.5 Å². The highest BCUT2D eigenvalue weighted by atomic mass is 16.5. The summed E-state index contributed by atoms with van der Waals surface area (Å²) in [7, 11) is 3.65. The van der Waals surface area contributed by atoms with E-state index in [-0.39, 0.29) is 28.8 Å². The van der Waals surface area contributed by atoms with Crippen molar-refractivity contribution in [2.75, 3.05) is 19.5 Å². The number of anilines is 1. The molecule has 4 saturated carbocycles. The fourth-order valence-corrected chi connectivity index (χ4v) is 14.1. The predicted molar refractivity (Wildman–Crippen MR) is 280 cm³/mol. The van der Waals surface area contributed by atoms with Crippen LogP contribution in [0.5, 0.6) is 5.75 Å². The van der Waals surface area contributed by atoms with Crippen molar-refractivity contribution < 1.29 is 24.5 Å². The molecule has 4 fully saturated rings. The number of terminal acetylenes is 2. The van der Waals surface area contributed by atoms with Crippen LogP contribution in [0.1, 0.15) is 146 Å². The third kappa shape index (κ3) is 10.1. The molecule has 3 N–H and O–H groups in total. The first-order chi connectivity index (χ1) is 33.2. The number of hydrogen-bond donors (Lipinski definition) is 3. The molecule has 0 amide bonds. The Morgan fingerprint density at radius 1 is 0.638 bits per heavy atom. The number of ether oxygens (including phenoxy) is 1. The molecule has 10 atom stereocenters. The predicted octanol–water partition coefficient (Wildman–Crippen LogP) is 12.9. The number of fused-ring (bicyclic) bond motifs is 8. The van der Waals surface area contributed by atoms with E-state index in [1.165, 1.54) is 33.4 Å². The van der Waals surface area contributed by atoms with E-state index in [0.717, 1.165) is 94.1 Å². The number of methoxy groups -OCH3 is 1. The molecule has 6 heteroatoms. The van der Waals surface area contributed by atoms with Crippen LogP contribution in [0, 0.1) is 65.1 Å². The zero-order valence-electron chi connectivity index (χ0n) is 42.0. The van der Waals surface area contributed by atoms with Crippen LogP contribution < -0.4 is 10.1 Å². The third-order valence-electron chi connectivity index (χ3n) is 17.8. The van der Waals surface area contributed by atoms with Crippen molar-refractivity contribution in [1.29, 1.82) is 0 Å². The summed E-state index contributed by atoms with van der Waals surface area (Å²) in [6, 6.07) is 27.0. The number of ketones is 2. The summed E-state index contributed by atoms with van der Waals surface area (Å²) in [5.41, 5.74) is 13.5. The van der Waals surface area contributed by atoms with Crippen LogP contribution in [0.2, 0.25) is 0 Å². The number of nitrogens with one attached hydrogen (secondary N) is 1. The second-order valence-electron chi connectivity index (χ2n) is 21.8. The van der Waals surface area contributed by atoms with Crippen molar-refractivity contribution in [3.8, 4) is 30.4 Å². The molecule has 0 aromatic heterocycles. The van der Waals surface area contributed by atoms with E-state index in [1.807, 2.05) is 63.4 Å². The van der Waals surface area contributed by atoms with Gasteiger partial charge in [-0.1, -0.05) is 87.2 Å². The van der Waals surface area contributed by atoms with E-state index < -0.39 is 0 Å². The van der Waals surface area contributed by atoms with Gasteiger partial charge >= 0.3 is 0 Å². The smallest absolute Gasteiger partial charge is 0.156 e. The summed E-state index contributed by atoms with van der Waals surface area (Å²) in [6.45, 7) is 8.63. The van der Waals surface area contributed by atoms with Gasteiger partial charge < -0.3 is 20.3 Å². The number of carbonyl (C=O) groups is 2. The van der Waals surface area contributed by atoms with Gasteiger partial charge in [0.25, 0.3) is 0 Å². The standard InChI is InChI=1S/C25H31NO2.C25H30O3.C8H6.C5H8/c1-25-14-21(15-3-6-17(26-2)7-4-15)24-19-10-8-18(27)13-16(19)5-9-20(24)22(25)11-12-23(25)28;1-25-14-21(15-3-7-18(28-2)8-4-15)24-19-10-6-17(26)13-16(19)5-9-20(24)22(25)11-12-23(25)27;1-2-8-6-4-3-5-7-8;1-4-5(2)3/h3-4,6-7,13,20-23,26,28H,5,8-12,14H2,1-2H3;3-4,7-8,13,20-23,27H,5-6,9-12,14H2,1-2H3;1,3-7H;1,5H,2-3H3. The van der Waals surface area contributed by atoms with Crippen molar-refractivity contribution in [2.45, 2.75) is 142 Å². The first kappa shape index (κ1) is 50.0. The van der Waals surface area contributed by atoms with E-state index in [1.54, 1.807) is 18.3 Å². The highest BCUT2D eigenvalue weighted by molar-refractivity contribution is 5.93. The molecule has 8 aliphatic carbocycles. The topological polar surface area (TPSA) is 95.9 Å². The third-order valence-corrected chi connectivity index (χ3v) is 17.8. The molecule has 0 spiro atoms. The number of carbonyl (C=O) groups excluding carboxylic acids is 2. The average molecular weight is 926 g/mol. The van der Waals surface area contributed by atoms with Gasteiger partial charge in [0, 0.05) is 48.9 Å². The quantitative estimate of drug-likeness (QED) is 0.226. The molecule has 69 heavy (non-hydrogen) atoms. The Labute approximate surface area is 413 Å². The maximum Gasteiger partial charge on any atom is 0.156 e. The molecule has 0 heterocycles. The maximum absolute atomic E-state index is 12.0. The van der Waals surface area contributed by atoms with Gasteiger partial charge in [0.1, 0.15) is 5.75 Å². The van der Waals surface area contributed by atoms with Gasteiger partial charge in [-0.3, -0.25) is 9.59 Å². The molecule has 0 bridgehead atoms. The first-order valence-electron chi connectivity index (χ1n) is 25.9. The van der Waals surface area contributed by atoms with E-state index >= 15 is 0 Å². The van der Waals surface area contributed by atoms with Crippen LogP contribution in [0.15, 0.2) is 124 Å². The number of hydrogen-bond acceptors (Lipinski definition) is 6. The second kappa shape index (κ2) is 21.3. The Morgan fingerprint density at radius 2 is 1.09 bits per heavy atom. The lowest BCUT2D eigenvalue weighted by Gasteiger charge is -2.52. The molecule has 0 radical (unpaired) electrons. The summed E-state index contributed by atoms with van der Waals surface area (Å²) in [4.78, 5) is 24.1. The number of aliphatic hydroxyl groups excluding tert-OH is 2. The van der Waals surface area contributed by atoms with Crippen LogP contribution in [-0.2, 0) is 9.59 Å². The van der Waals surface area contributed by atoms with Gasteiger partial charge in [0.2, 0.25) is 0 Å². The Hall–Kier alpha value is -5.40. The highest BCUT2D eigenvalue weighted by Crippen LogP contribution is 2.65. The van der Waals surface area contributed by atoms with Crippen LogP contribution >= 0.6 is 0 Å². The minimum atomic E-state index is -0.199. The van der Waals surface area contributed by atoms with Crippen molar-refractivity contribution in [3.63, 3.8) is 0 Å². The molecule has 6 nitrogen and oxygen atoms in total. The number of allylic oxidation sites excluding steroid dienone is 8. The normalized spacial score (nSPS) is 31.6.